The first-order valence-corrected chi connectivity index (χ1v) is 9.58. The van der Waals surface area contributed by atoms with Crippen molar-refractivity contribution in [2.45, 2.75) is 19.1 Å². The average Bonchev–Trinajstić information content (AvgIpc) is 3.17. The number of anilines is 1. The Balaban J connectivity index is 1.32. The Morgan fingerprint density at radius 3 is 2.47 bits per heavy atom. The Morgan fingerprint density at radius 2 is 1.73 bits per heavy atom. The molecule has 1 fully saturated rings. The van der Waals surface area contributed by atoms with Crippen LogP contribution in [0.25, 0.3) is 0 Å². The van der Waals surface area contributed by atoms with E-state index in [1.54, 1.807) is 24.3 Å². The lowest BCUT2D eigenvalue weighted by Crippen LogP contribution is -2.46. The predicted molar refractivity (Wildman–Crippen MR) is 102 cm³/mol. The maximum Gasteiger partial charge on any atom is 0.416 e. The normalized spacial score (nSPS) is 15.5. The van der Waals surface area contributed by atoms with Gasteiger partial charge >= 0.3 is 6.18 Å². The number of alkyl halides is 3. The Morgan fingerprint density at radius 1 is 0.967 bits per heavy atom. The van der Waals surface area contributed by atoms with Crippen molar-refractivity contribution in [3.63, 3.8) is 0 Å². The average molecular weight is 420 g/mol. The van der Waals surface area contributed by atoms with E-state index in [0.29, 0.717) is 55.7 Å². The molecule has 0 amide bonds. The summed E-state index contributed by atoms with van der Waals surface area (Å²) in [6, 6.07) is 11.8. The van der Waals surface area contributed by atoms with Crippen LogP contribution in [-0.4, -0.2) is 41.2 Å². The second-order valence-corrected chi connectivity index (χ2v) is 7.18. The van der Waals surface area contributed by atoms with Crippen molar-refractivity contribution in [1.82, 2.24) is 15.0 Å². The third-order valence-electron chi connectivity index (χ3n) is 5.09. The molecule has 0 radical (unpaired) electrons. The van der Waals surface area contributed by atoms with Gasteiger partial charge in [0.05, 0.1) is 12.1 Å². The van der Waals surface area contributed by atoms with Crippen LogP contribution in [0.15, 0.2) is 53.1 Å². The Kier molecular flexibility index (Phi) is 5.72. The molecule has 1 saturated heterocycles. The summed E-state index contributed by atoms with van der Waals surface area (Å²) < 4.78 is 57.8. The Hall–Kier alpha value is -2.94. The van der Waals surface area contributed by atoms with Gasteiger partial charge in [-0.2, -0.15) is 18.2 Å². The third-order valence-corrected chi connectivity index (χ3v) is 5.09. The van der Waals surface area contributed by atoms with E-state index in [4.69, 9.17) is 4.52 Å². The van der Waals surface area contributed by atoms with E-state index in [1.807, 2.05) is 4.90 Å². The largest absolute Gasteiger partial charge is 0.416 e. The number of aromatic nitrogens is 2. The number of hydrogen-bond donors (Lipinski definition) is 0. The molecule has 5 nitrogen and oxygen atoms in total. The summed E-state index contributed by atoms with van der Waals surface area (Å²) in [6.45, 7) is 2.94. The van der Waals surface area contributed by atoms with Gasteiger partial charge in [0.15, 0.2) is 5.82 Å². The van der Waals surface area contributed by atoms with Gasteiger partial charge in [0, 0.05) is 38.3 Å². The van der Waals surface area contributed by atoms with Crippen molar-refractivity contribution < 1.29 is 22.1 Å². The highest BCUT2D eigenvalue weighted by molar-refractivity contribution is 5.49. The lowest BCUT2D eigenvalue weighted by Gasteiger charge is -2.35. The number of benzene rings is 2. The van der Waals surface area contributed by atoms with Crippen molar-refractivity contribution in [3.8, 4) is 0 Å². The van der Waals surface area contributed by atoms with Gasteiger partial charge in [-0.25, -0.2) is 4.39 Å². The number of piperazine rings is 1. The van der Waals surface area contributed by atoms with Gasteiger partial charge in [-0.1, -0.05) is 29.4 Å². The zero-order valence-electron chi connectivity index (χ0n) is 16.1. The molecule has 1 aromatic heterocycles. The van der Waals surface area contributed by atoms with Crippen LogP contribution >= 0.6 is 0 Å². The minimum atomic E-state index is -4.35. The molecular weight excluding hydrogens is 400 g/mol. The van der Waals surface area contributed by atoms with Gasteiger partial charge in [-0.3, -0.25) is 4.90 Å². The molecule has 9 heteroatoms. The molecule has 158 valence electrons. The van der Waals surface area contributed by atoms with Crippen molar-refractivity contribution in [1.29, 1.82) is 0 Å². The third kappa shape index (κ3) is 4.79. The quantitative estimate of drug-likeness (QED) is 0.581. The van der Waals surface area contributed by atoms with Gasteiger partial charge < -0.3 is 9.42 Å². The minimum absolute atomic E-state index is 0.250. The summed E-state index contributed by atoms with van der Waals surface area (Å²) in [4.78, 5) is 8.37. The van der Waals surface area contributed by atoms with Crippen molar-refractivity contribution in [2.75, 3.05) is 31.1 Å². The maximum atomic E-state index is 13.8. The van der Waals surface area contributed by atoms with Crippen LogP contribution in [0.4, 0.5) is 23.2 Å². The van der Waals surface area contributed by atoms with Crippen molar-refractivity contribution >= 4 is 5.69 Å². The monoisotopic (exact) mass is 420 g/mol. The van der Waals surface area contributed by atoms with E-state index in [1.165, 1.54) is 18.2 Å². The van der Waals surface area contributed by atoms with E-state index in [-0.39, 0.29) is 12.2 Å². The van der Waals surface area contributed by atoms with E-state index in [9.17, 15) is 17.6 Å². The molecule has 0 aliphatic carbocycles. The lowest BCUT2D eigenvalue weighted by atomic mass is 10.1. The second-order valence-electron chi connectivity index (χ2n) is 7.18. The van der Waals surface area contributed by atoms with E-state index >= 15 is 0 Å². The van der Waals surface area contributed by atoms with Gasteiger partial charge in [-0.15, -0.1) is 0 Å². The Labute approximate surface area is 170 Å². The van der Waals surface area contributed by atoms with Crippen LogP contribution < -0.4 is 4.90 Å². The highest BCUT2D eigenvalue weighted by Gasteiger charge is 2.31. The second kappa shape index (κ2) is 8.43. The molecule has 0 N–H and O–H groups in total. The molecule has 2 heterocycles. The van der Waals surface area contributed by atoms with E-state index < -0.39 is 11.7 Å². The number of rotatable bonds is 5. The molecule has 0 spiro atoms. The first-order valence-electron chi connectivity index (χ1n) is 9.58. The molecular formula is C21H20F4N4O. The lowest BCUT2D eigenvalue weighted by molar-refractivity contribution is -0.137. The van der Waals surface area contributed by atoms with Crippen molar-refractivity contribution in [3.05, 3.63) is 77.2 Å². The summed E-state index contributed by atoms with van der Waals surface area (Å²) in [5, 5.41) is 3.92. The molecule has 3 aromatic rings. The van der Waals surface area contributed by atoms with Gasteiger partial charge in [0.25, 0.3) is 0 Å². The molecule has 30 heavy (non-hydrogen) atoms. The van der Waals surface area contributed by atoms with Crippen LogP contribution in [0, 0.1) is 5.82 Å². The first kappa shape index (κ1) is 20.3. The molecule has 0 saturated carbocycles. The van der Waals surface area contributed by atoms with Crippen LogP contribution in [0.1, 0.15) is 22.8 Å². The van der Waals surface area contributed by atoms with Crippen LogP contribution in [0.3, 0.4) is 0 Å². The molecule has 4 rings (SSSR count). The predicted octanol–water partition coefficient (Wildman–Crippen LogP) is 4.14. The van der Waals surface area contributed by atoms with E-state index in [2.05, 4.69) is 15.0 Å². The molecule has 2 aromatic carbocycles. The zero-order chi connectivity index (χ0) is 21.1. The zero-order valence-corrected chi connectivity index (χ0v) is 16.1. The Bertz CT molecular complexity index is 996. The standard InChI is InChI=1S/C21H20F4N4O/c22-18-7-2-1-4-15(18)12-19-26-20(30-27-19)14-28-8-10-29(11-9-28)17-6-3-5-16(13-17)21(23,24)25/h1-7,13H,8-12,14H2. The first-order chi connectivity index (χ1) is 14.4. The van der Waals surface area contributed by atoms with Gasteiger partial charge in [0.1, 0.15) is 5.82 Å². The van der Waals surface area contributed by atoms with Gasteiger partial charge in [-0.05, 0) is 29.8 Å². The molecule has 1 aliphatic heterocycles. The fourth-order valence-electron chi connectivity index (χ4n) is 3.47. The number of halogens is 4. The van der Waals surface area contributed by atoms with E-state index in [0.717, 1.165) is 6.07 Å². The number of nitrogens with zero attached hydrogens (tertiary/aromatic N) is 4. The van der Waals surface area contributed by atoms with Crippen LogP contribution in [-0.2, 0) is 19.1 Å². The summed E-state index contributed by atoms with van der Waals surface area (Å²) in [5.74, 6) is 0.543. The number of hydrogen-bond acceptors (Lipinski definition) is 5. The minimum Gasteiger partial charge on any atom is -0.369 e. The smallest absolute Gasteiger partial charge is 0.369 e. The fourth-order valence-corrected chi connectivity index (χ4v) is 3.47. The van der Waals surface area contributed by atoms with Crippen LogP contribution in [0.2, 0.25) is 0 Å². The molecule has 0 unspecified atom stereocenters. The van der Waals surface area contributed by atoms with Crippen molar-refractivity contribution in [2.24, 2.45) is 0 Å². The van der Waals surface area contributed by atoms with Gasteiger partial charge in [0.2, 0.25) is 5.89 Å². The highest BCUT2D eigenvalue weighted by atomic mass is 19.4. The summed E-state index contributed by atoms with van der Waals surface area (Å²) >= 11 is 0. The topological polar surface area (TPSA) is 45.4 Å². The highest BCUT2D eigenvalue weighted by Crippen LogP contribution is 2.31. The summed E-state index contributed by atoms with van der Waals surface area (Å²) in [5.41, 5.74) is 0.421. The summed E-state index contributed by atoms with van der Waals surface area (Å²) in [7, 11) is 0. The molecule has 0 bridgehead atoms. The molecule has 1 aliphatic rings. The summed E-state index contributed by atoms with van der Waals surface area (Å²) in [6.07, 6.45) is -4.10. The maximum absolute atomic E-state index is 13.8. The SMILES string of the molecule is Fc1ccccc1Cc1noc(CN2CCN(c3cccc(C(F)(F)F)c3)CC2)n1. The molecule has 0 atom stereocenters. The fraction of sp³-hybridized carbons (Fsp3) is 0.333. The van der Waals surface area contributed by atoms with Crippen LogP contribution in [0.5, 0.6) is 0 Å².